The minimum Gasteiger partial charge on any atom is -0.453 e. The molecule has 3 aromatic carbocycles. The van der Waals surface area contributed by atoms with E-state index in [4.69, 9.17) is 25.8 Å². The summed E-state index contributed by atoms with van der Waals surface area (Å²) in [4.78, 5) is 24.4. The average molecular weight is 423 g/mol. The molecule has 0 aliphatic carbocycles. The van der Waals surface area contributed by atoms with Crippen molar-refractivity contribution in [3.05, 3.63) is 83.9 Å². The van der Waals surface area contributed by atoms with Gasteiger partial charge in [0.1, 0.15) is 11.5 Å². The molecule has 0 N–H and O–H groups in total. The van der Waals surface area contributed by atoms with Crippen molar-refractivity contribution in [2.24, 2.45) is 0 Å². The maximum atomic E-state index is 12.3. The fourth-order valence-electron chi connectivity index (χ4n) is 2.56. The van der Waals surface area contributed by atoms with E-state index in [1.54, 1.807) is 56.3 Å². The van der Waals surface area contributed by atoms with E-state index in [1.165, 1.54) is 6.07 Å². The van der Waals surface area contributed by atoms with Crippen molar-refractivity contribution in [2.75, 3.05) is 0 Å². The minimum atomic E-state index is -0.615. The zero-order valence-electron chi connectivity index (χ0n) is 16.5. The highest BCUT2D eigenvalue weighted by Crippen LogP contribution is 2.44. The zero-order chi connectivity index (χ0) is 21.8. The van der Waals surface area contributed by atoms with Crippen molar-refractivity contribution in [3.63, 3.8) is 0 Å². The van der Waals surface area contributed by atoms with E-state index in [0.717, 1.165) is 0 Å². The Balaban J connectivity index is 2.24. The van der Waals surface area contributed by atoms with Crippen LogP contribution in [0.5, 0.6) is 23.0 Å². The first-order valence-corrected chi connectivity index (χ1v) is 9.38. The molecule has 0 bridgehead atoms. The van der Waals surface area contributed by atoms with Gasteiger partial charge in [-0.3, -0.25) is 0 Å². The van der Waals surface area contributed by atoms with Crippen LogP contribution in [0.1, 0.15) is 13.8 Å². The van der Waals surface area contributed by atoms with Gasteiger partial charge in [-0.1, -0.05) is 43.0 Å². The van der Waals surface area contributed by atoms with Gasteiger partial charge in [0.05, 0.1) is 0 Å². The van der Waals surface area contributed by atoms with Crippen molar-refractivity contribution in [1.82, 2.24) is 0 Å². The van der Waals surface area contributed by atoms with Crippen LogP contribution in [0.2, 0.25) is 5.02 Å². The van der Waals surface area contributed by atoms with E-state index in [9.17, 15) is 9.59 Å². The summed E-state index contributed by atoms with van der Waals surface area (Å²) in [5.41, 5.74) is 0.453. The van der Waals surface area contributed by atoms with Gasteiger partial charge in [0.25, 0.3) is 0 Å². The fourth-order valence-corrected chi connectivity index (χ4v) is 2.73. The van der Waals surface area contributed by atoms with Crippen LogP contribution in [0.15, 0.2) is 78.9 Å². The molecular formula is C24H19ClO5. The van der Waals surface area contributed by atoms with Gasteiger partial charge in [-0.25, -0.2) is 9.59 Å². The van der Waals surface area contributed by atoms with E-state index in [1.807, 2.05) is 6.07 Å². The number of hydrogen-bond donors (Lipinski definition) is 0. The first-order chi connectivity index (χ1) is 14.3. The maximum Gasteiger partial charge on any atom is 0.338 e. The number of rotatable bonds is 6. The number of esters is 2. The Hall–Kier alpha value is -3.57. The summed E-state index contributed by atoms with van der Waals surface area (Å²) in [6, 6.07) is 15.3. The standard InChI is InChI=1S/C24H19ClO5/c1-14(2)23(26)29-20-13-21(28-17-8-6-5-7-9-17)22(30-24(27)15(3)4)18-11-10-16(25)12-19(18)20/h5-13H,1,3H2,2,4H3. The molecule has 0 heterocycles. The van der Waals surface area contributed by atoms with Crippen molar-refractivity contribution in [2.45, 2.75) is 13.8 Å². The summed E-state index contributed by atoms with van der Waals surface area (Å²) in [6.45, 7) is 10.3. The van der Waals surface area contributed by atoms with Crippen LogP contribution < -0.4 is 14.2 Å². The average Bonchev–Trinajstić information content (AvgIpc) is 2.71. The predicted molar refractivity (Wildman–Crippen MR) is 116 cm³/mol. The Morgan fingerprint density at radius 2 is 1.43 bits per heavy atom. The third kappa shape index (κ3) is 4.70. The van der Waals surface area contributed by atoms with Gasteiger partial charge in [0, 0.05) is 33.0 Å². The van der Waals surface area contributed by atoms with Gasteiger partial charge in [-0.05, 0) is 44.2 Å². The molecule has 0 aliphatic rings. The second-order valence-electron chi connectivity index (χ2n) is 6.65. The second kappa shape index (κ2) is 8.84. The van der Waals surface area contributed by atoms with E-state index in [-0.39, 0.29) is 28.4 Å². The molecule has 3 aromatic rings. The van der Waals surface area contributed by atoms with Gasteiger partial charge in [0.2, 0.25) is 0 Å². The largest absolute Gasteiger partial charge is 0.453 e. The molecule has 152 valence electrons. The van der Waals surface area contributed by atoms with Crippen molar-refractivity contribution < 1.29 is 23.8 Å². The predicted octanol–water partition coefficient (Wildman–Crippen LogP) is 6.25. The molecular weight excluding hydrogens is 404 g/mol. The Morgan fingerprint density at radius 1 is 0.800 bits per heavy atom. The SMILES string of the molecule is C=C(C)C(=O)Oc1cc(Oc2ccccc2)c(OC(=O)C(=C)C)c2ccc(Cl)cc12. The Morgan fingerprint density at radius 3 is 2.07 bits per heavy atom. The molecule has 0 saturated carbocycles. The normalized spacial score (nSPS) is 10.4. The van der Waals surface area contributed by atoms with Crippen LogP contribution in [0.4, 0.5) is 0 Å². The fraction of sp³-hybridized carbons (Fsp3) is 0.0833. The molecule has 0 saturated heterocycles. The molecule has 0 unspecified atom stereocenters. The summed E-state index contributed by atoms with van der Waals surface area (Å²) in [5, 5.41) is 1.37. The van der Waals surface area contributed by atoms with E-state index in [0.29, 0.717) is 21.5 Å². The molecule has 3 rings (SSSR count). The van der Waals surface area contributed by atoms with Crippen LogP contribution in [0.3, 0.4) is 0 Å². The van der Waals surface area contributed by atoms with Crippen molar-refractivity contribution in [1.29, 1.82) is 0 Å². The van der Waals surface area contributed by atoms with E-state index in [2.05, 4.69) is 13.2 Å². The Bertz CT molecular complexity index is 1170. The first kappa shape index (κ1) is 21.1. The van der Waals surface area contributed by atoms with Gasteiger partial charge in [-0.2, -0.15) is 0 Å². The zero-order valence-corrected chi connectivity index (χ0v) is 17.3. The molecule has 0 atom stereocenters. The van der Waals surface area contributed by atoms with Gasteiger partial charge in [0.15, 0.2) is 11.5 Å². The Labute approximate surface area is 179 Å². The molecule has 30 heavy (non-hydrogen) atoms. The molecule has 0 spiro atoms. The highest BCUT2D eigenvalue weighted by Gasteiger charge is 2.21. The summed E-state index contributed by atoms with van der Waals surface area (Å²) in [6.07, 6.45) is 0. The van der Waals surface area contributed by atoms with Crippen LogP contribution >= 0.6 is 11.6 Å². The number of ether oxygens (including phenoxy) is 3. The molecule has 0 amide bonds. The van der Waals surface area contributed by atoms with Crippen LogP contribution in [-0.4, -0.2) is 11.9 Å². The van der Waals surface area contributed by atoms with Gasteiger partial charge < -0.3 is 14.2 Å². The molecule has 0 aromatic heterocycles. The summed E-state index contributed by atoms with van der Waals surface area (Å²) in [7, 11) is 0. The summed E-state index contributed by atoms with van der Waals surface area (Å²) < 4.78 is 17.0. The number of para-hydroxylation sites is 1. The highest BCUT2D eigenvalue weighted by molar-refractivity contribution is 6.31. The third-order valence-electron chi connectivity index (χ3n) is 4.04. The lowest BCUT2D eigenvalue weighted by Gasteiger charge is -2.17. The molecule has 5 nitrogen and oxygen atoms in total. The van der Waals surface area contributed by atoms with Crippen LogP contribution in [0.25, 0.3) is 10.8 Å². The second-order valence-corrected chi connectivity index (χ2v) is 7.08. The molecule has 0 fully saturated rings. The van der Waals surface area contributed by atoms with Crippen LogP contribution in [0, 0.1) is 0 Å². The lowest BCUT2D eigenvalue weighted by atomic mass is 10.1. The molecule has 0 aliphatic heterocycles. The summed E-state index contributed by atoms with van der Waals surface area (Å²) >= 11 is 6.16. The number of carbonyl (C=O) groups excluding carboxylic acids is 2. The highest BCUT2D eigenvalue weighted by atomic mass is 35.5. The smallest absolute Gasteiger partial charge is 0.338 e. The number of halogens is 1. The maximum absolute atomic E-state index is 12.3. The van der Waals surface area contributed by atoms with E-state index < -0.39 is 11.9 Å². The minimum absolute atomic E-state index is 0.161. The number of hydrogen-bond acceptors (Lipinski definition) is 5. The van der Waals surface area contributed by atoms with E-state index >= 15 is 0 Å². The lowest BCUT2D eigenvalue weighted by molar-refractivity contribution is -0.131. The first-order valence-electron chi connectivity index (χ1n) is 9.01. The van der Waals surface area contributed by atoms with Gasteiger partial charge in [-0.15, -0.1) is 0 Å². The third-order valence-corrected chi connectivity index (χ3v) is 4.28. The van der Waals surface area contributed by atoms with Gasteiger partial charge >= 0.3 is 11.9 Å². The topological polar surface area (TPSA) is 61.8 Å². The monoisotopic (exact) mass is 422 g/mol. The number of benzene rings is 3. The Kier molecular flexibility index (Phi) is 6.23. The number of fused-ring (bicyclic) bond motifs is 1. The van der Waals surface area contributed by atoms with Crippen molar-refractivity contribution in [3.8, 4) is 23.0 Å². The lowest BCUT2D eigenvalue weighted by Crippen LogP contribution is -2.11. The molecule has 0 radical (unpaired) electrons. The summed E-state index contributed by atoms with van der Waals surface area (Å²) in [5.74, 6) is -0.162. The quantitative estimate of drug-likeness (QED) is 0.267. The van der Waals surface area contributed by atoms with Crippen molar-refractivity contribution >= 4 is 34.3 Å². The van der Waals surface area contributed by atoms with Crippen LogP contribution in [-0.2, 0) is 9.59 Å². The molecule has 6 heteroatoms. The number of carbonyl (C=O) groups is 2.